The van der Waals surface area contributed by atoms with Crippen LogP contribution in [0.4, 0.5) is 8.78 Å². The molecule has 3 atom stereocenters. The SMILES string of the molecule is O=S1(=O)CC(F)C2(O1)OS(=O)(=O)OC2F. The Kier molecular flexibility index (Phi) is 2.12. The predicted octanol–water partition coefficient (Wildman–Crippen LogP) is -1.03. The zero-order valence-corrected chi connectivity index (χ0v) is 8.42. The van der Waals surface area contributed by atoms with Gasteiger partial charge in [0.2, 0.25) is 0 Å². The van der Waals surface area contributed by atoms with Gasteiger partial charge in [-0.15, -0.1) is 0 Å². The highest BCUT2D eigenvalue weighted by molar-refractivity contribution is 7.87. The van der Waals surface area contributed by atoms with Gasteiger partial charge in [0.1, 0.15) is 5.75 Å². The zero-order chi connectivity index (χ0) is 11.5. The standard InChI is InChI=1S/C4H4F2O7S2/c5-2-1-14(7,8)12-4(2)3(6)11-15(9,10)13-4/h2-3H,1H2. The van der Waals surface area contributed by atoms with Gasteiger partial charge >= 0.3 is 10.4 Å². The zero-order valence-electron chi connectivity index (χ0n) is 6.79. The topological polar surface area (TPSA) is 96.0 Å². The van der Waals surface area contributed by atoms with Gasteiger partial charge in [0.25, 0.3) is 22.3 Å². The van der Waals surface area contributed by atoms with Gasteiger partial charge in [-0.05, 0) is 0 Å². The van der Waals surface area contributed by atoms with Crippen LogP contribution in [0.5, 0.6) is 0 Å². The van der Waals surface area contributed by atoms with Crippen molar-refractivity contribution in [3.8, 4) is 0 Å². The van der Waals surface area contributed by atoms with E-state index in [-0.39, 0.29) is 0 Å². The summed E-state index contributed by atoms with van der Waals surface area (Å²) in [7, 11) is -9.13. The molecule has 0 amide bonds. The molecule has 15 heavy (non-hydrogen) atoms. The summed E-state index contributed by atoms with van der Waals surface area (Å²) in [4.78, 5) is 0. The third kappa shape index (κ3) is 1.63. The summed E-state index contributed by atoms with van der Waals surface area (Å²) in [5.41, 5.74) is 0. The maximum Gasteiger partial charge on any atom is 0.405 e. The van der Waals surface area contributed by atoms with E-state index in [1.807, 2.05) is 0 Å². The fraction of sp³-hybridized carbons (Fsp3) is 1.00. The van der Waals surface area contributed by atoms with E-state index >= 15 is 0 Å². The smallest absolute Gasteiger partial charge is 0.240 e. The molecule has 2 aliphatic rings. The Hall–Kier alpha value is -0.360. The van der Waals surface area contributed by atoms with Crippen LogP contribution in [0.15, 0.2) is 0 Å². The second kappa shape index (κ2) is 2.85. The van der Waals surface area contributed by atoms with Gasteiger partial charge < -0.3 is 0 Å². The van der Waals surface area contributed by atoms with Crippen molar-refractivity contribution in [2.24, 2.45) is 0 Å². The van der Waals surface area contributed by atoms with Crippen molar-refractivity contribution in [3.05, 3.63) is 0 Å². The molecule has 7 nitrogen and oxygen atoms in total. The third-order valence-electron chi connectivity index (χ3n) is 1.80. The number of rotatable bonds is 0. The molecule has 11 heteroatoms. The molecule has 0 aliphatic carbocycles. The van der Waals surface area contributed by atoms with Crippen molar-refractivity contribution in [2.45, 2.75) is 18.3 Å². The molecule has 2 rings (SSSR count). The van der Waals surface area contributed by atoms with Crippen molar-refractivity contribution < 1.29 is 38.2 Å². The third-order valence-corrected chi connectivity index (χ3v) is 3.88. The van der Waals surface area contributed by atoms with Gasteiger partial charge in [-0.3, -0.25) is 0 Å². The molecular weight excluding hydrogens is 262 g/mol. The summed E-state index contributed by atoms with van der Waals surface area (Å²) in [6.45, 7) is 0. The molecule has 0 bridgehead atoms. The number of halogens is 2. The minimum atomic E-state index is -4.77. The number of hydrogen-bond acceptors (Lipinski definition) is 7. The van der Waals surface area contributed by atoms with E-state index in [0.717, 1.165) is 0 Å². The summed E-state index contributed by atoms with van der Waals surface area (Å²) in [5.74, 6) is -4.25. The van der Waals surface area contributed by atoms with Gasteiger partial charge in [-0.2, -0.15) is 16.8 Å². The second-order valence-electron chi connectivity index (χ2n) is 2.90. The van der Waals surface area contributed by atoms with Gasteiger partial charge in [0.05, 0.1) is 0 Å². The van der Waals surface area contributed by atoms with E-state index in [4.69, 9.17) is 0 Å². The molecular formula is C4H4F2O7S2. The minimum absolute atomic E-state index is 1.19. The Morgan fingerprint density at radius 1 is 1.13 bits per heavy atom. The van der Waals surface area contributed by atoms with E-state index in [1.165, 1.54) is 0 Å². The van der Waals surface area contributed by atoms with Crippen molar-refractivity contribution in [1.82, 2.24) is 0 Å². The maximum absolute atomic E-state index is 13.2. The first kappa shape index (κ1) is 11.1. The largest absolute Gasteiger partial charge is 0.405 e. The van der Waals surface area contributed by atoms with E-state index in [1.54, 1.807) is 0 Å². The average Bonchev–Trinajstić information content (AvgIpc) is 2.31. The van der Waals surface area contributed by atoms with Crippen LogP contribution >= 0.6 is 0 Å². The van der Waals surface area contributed by atoms with Gasteiger partial charge in [-0.25, -0.2) is 21.3 Å². The highest BCUT2D eigenvalue weighted by Gasteiger charge is 2.68. The lowest BCUT2D eigenvalue weighted by Crippen LogP contribution is -2.45. The highest BCUT2D eigenvalue weighted by Crippen LogP contribution is 2.43. The van der Waals surface area contributed by atoms with Gasteiger partial charge in [0.15, 0.2) is 6.17 Å². The number of alkyl halides is 2. The lowest BCUT2D eigenvalue weighted by atomic mass is 10.2. The van der Waals surface area contributed by atoms with Crippen LogP contribution in [0.3, 0.4) is 0 Å². The summed E-state index contributed by atoms with van der Waals surface area (Å²) >= 11 is 0. The Bertz CT molecular complexity index is 435. The Labute approximate surface area is 83.4 Å². The Morgan fingerprint density at radius 2 is 1.73 bits per heavy atom. The van der Waals surface area contributed by atoms with Crippen LogP contribution in [-0.4, -0.2) is 40.9 Å². The average molecular weight is 266 g/mol. The van der Waals surface area contributed by atoms with Crippen molar-refractivity contribution in [2.75, 3.05) is 5.75 Å². The van der Waals surface area contributed by atoms with Crippen LogP contribution < -0.4 is 0 Å². The quantitative estimate of drug-likeness (QED) is 0.517. The molecule has 0 aromatic rings. The lowest BCUT2D eigenvalue weighted by molar-refractivity contribution is -0.191. The van der Waals surface area contributed by atoms with Crippen molar-refractivity contribution in [3.63, 3.8) is 0 Å². The molecule has 0 N–H and O–H groups in total. The first-order valence-corrected chi connectivity index (χ1v) is 6.43. The van der Waals surface area contributed by atoms with Crippen molar-refractivity contribution >= 4 is 20.5 Å². The Morgan fingerprint density at radius 3 is 2.07 bits per heavy atom. The van der Waals surface area contributed by atoms with Crippen LogP contribution in [0.2, 0.25) is 0 Å². The van der Waals surface area contributed by atoms with Crippen LogP contribution in [-0.2, 0) is 33.1 Å². The fourth-order valence-electron chi connectivity index (χ4n) is 1.21. The van der Waals surface area contributed by atoms with E-state index in [9.17, 15) is 25.6 Å². The first-order valence-electron chi connectivity index (χ1n) is 3.52. The highest BCUT2D eigenvalue weighted by atomic mass is 32.3. The molecule has 0 radical (unpaired) electrons. The van der Waals surface area contributed by atoms with Crippen molar-refractivity contribution in [1.29, 1.82) is 0 Å². The summed E-state index contributed by atoms with van der Waals surface area (Å²) in [6.07, 6.45) is -5.33. The molecule has 2 aliphatic heterocycles. The molecule has 2 saturated heterocycles. The normalized spacial score (nSPS) is 47.3. The lowest BCUT2D eigenvalue weighted by Gasteiger charge is -2.19. The summed E-state index contributed by atoms with van der Waals surface area (Å²) in [6, 6.07) is 0. The molecule has 3 unspecified atom stereocenters. The fourth-order valence-corrected chi connectivity index (χ4v) is 3.44. The monoisotopic (exact) mass is 266 g/mol. The summed E-state index contributed by atoms with van der Waals surface area (Å²) < 4.78 is 80.5. The molecule has 0 saturated carbocycles. The van der Waals surface area contributed by atoms with Crippen LogP contribution in [0.1, 0.15) is 0 Å². The van der Waals surface area contributed by atoms with E-state index < -0.39 is 44.6 Å². The summed E-state index contributed by atoms with van der Waals surface area (Å²) in [5, 5.41) is 0. The van der Waals surface area contributed by atoms with Crippen LogP contribution in [0, 0.1) is 0 Å². The van der Waals surface area contributed by atoms with Gasteiger partial charge in [-0.1, -0.05) is 0 Å². The van der Waals surface area contributed by atoms with E-state index in [2.05, 4.69) is 12.5 Å². The van der Waals surface area contributed by atoms with Crippen LogP contribution in [0.25, 0.3) is 0 Å². The molecule has 0 aromatic heterocycles. The van der Waals surface area contributed by atoms with Gasteiger partial charge in [0, 0.05) is 0 Å². The molecule has 88 valence electrons. The maximum atomic E-state index is 13.2. The second-order valence-corrected chi connectivity index (χ2v) is 5.69. The minimum Gasteiger partial charge on any atom is -0.240 e. The molecule has 2 fully saturated rings. The molecule has 0 aromatic carbocycles. The first-order chi connectivity index (χ1) is 6.67. The molecule has 2 heterocycles. The predicted molar refractivity (Wildman–Crippen MR) is 38.5 cm³/mol. The molecule has 1 spiro atoms. The Balaban J connectivity index is 2.45. The van der Waals surface area contributed by atoms with E-state index in [0.29, 0.717) is 0 Å². The number of hydrogen-bond donors (Lipinski definition) is 0.